The first kappa shape index (κ1) is 22.0. The van der Waals surface area contributed by atoms with Crippen molar-refractivity contribution in [2.45, 2.75) is 59.3 Å². The molecule has 25 heavy (non-hydrogen) atoms. The molecular formula is C19H33O5P. The van der Waals surface area contributed by atoms with Crippen LogP contribution in [0.1, 0.15) is 64.9 Å². The van der Waals surface area contributed by atoms with Gasteiger partial charge in [-0.25, -0.2) is 0 Å². The highest BCUT2D eigenvalue weighted by molar-refractivity contribution is 7.53. The van der Waals surface area contributed by atoms with Crippen molar-refractivity contribution in [2.75, 3.05) is 26.7 Å². The van der Waals surface area contributed by atoms with Crippen molar-refractivity contribution >= 4 is 7.60 Å². The highest BCUT2D eigenvalue weighted by atomic mass is 31.2. The lowest BCUT2D eigenvalue weighted by atomic mass is 10.0. The highest BCUT2D eigenvalue weighted by Gasteiger charge is 2.26. The average molecular weight is 372 g/mol. The summed E-state index contributed by atoms with van der Waals surface area (Å²) in [6.07, 6.45) is 3.51. The topological polar surface area (TPSA) is 54.0 Å². The molecule has 1 aromatic carbocycles. The summed E-state index contributed by atoms with van der Waals surface area (Å²) in [6.45, 7) is 9.16. The van der Waals surface area contributed by atoms with Crippen LogP contribution in [0.2, 0.25) is 0 Å². The van der Waals surface area contributed by atoms with Crippen LogP contribution in [0.5, 0.6) is 11.5 Å². The van der Waals surface area contributed by atoms with Gasteiger partial charge >= 0.3 is 7.60 Å². The minimum atomic E-state index is -3.29. The molecule has 0 spiro atoms. The Labute approximate surface area is 152 Å². The number of unbranched alkanes of at least 4 members (excludes halogenated alkanes) is 2. The van der Waals surface area contributed by atoms with Gasteiger partial charge in [0.25, 0.3) is 0 Å². The van der Waals surface area contributed by atoms with Gasteiger partial charge in [-0.2, -0.15) is 0 Å². The standard InChI is InChI=1S/C19H33O5P/c1-6-8-12-23-25(20,24-13-9-7-2)15-22-19-14-17(16(3)4)10-11-18(19)21-5/h10-11,14,16H,6-9,12-13,15H2,1-5H3. The van der Waals surface area contributed by atoms with Gasteiger partial charge in [-0.1, -0.05) is 46.6 Å². The van der Waals surface area contributed by atoms with Crippen LogP contribution < -0.4 is 9.47 Å². The Hall–Kier alpha value is -1.03. The minimum Gasteiger partial charge on any atom is -0.493 e. The van der Waals surface area contributed by atoms with Gasteiger partial charge in [0.2, 0.25) is 0 Å². The van der Waals surface area contributed by atoms with Crippen molar-refractivity contribution in [1.82, 2.24) is 0 Å². The fourth-order valence-corrected chi connectivity index (χ4v) is 3.46. The third-order valence-corrected chi connectivity index (χ3v) is 5.40. The molecule has 0 amide bonds. The summed E-state index contributed by atoms with van der Waals surface area (Å²) in [5.41, 5.74) is 1.13. The van der Waals surface area contributed by atoms with Crippen LogP contribution in [0.3, 0.4) is 0 Å². The van der Waals surface area contributed by atoms with Crippen LogP contribution >= 0.6 is 7.60 Å². The maximum Gasteiger partial charge on any atom is 0.367 e. The highest BCUT2D eigenvalue weighted by Crippen LogP contribution is 2.49. The van der Waals surface area contributed by atoms with Gasteiger partial charge in [0.1, 0.15) is 0 Å². The molecule has 0 fully saturated rings. The Balaban J connectivity index is 2.82. The van der Waals surface area contributed by atoms with E-state index in [0.717, 1.165) is 31.2 Å². The van der Waals surface area contributed by atoms with E-state index in [1.807, 2.05) is 18.2 Å². The molecule has 0 saturated carbocycles. The monoisotopic (exact) mass is 372 g/mol. The minimum absolute atomic E-state index is 0.113. The maximum absolute atomic E-state index is 12.9. The predicted octanol–water partition coefficient (Wildman–Crippen LogP) is 5.98. The van der Waals surface area contributed by atoms with E-state index in [1.165, 1.54) is 0 Å². The van der Waals surface area contributed by atoms with Gasteiger partial charge in [-0.15, -0.1) is 0 Å². The average Bonchev–Trinajstić information content (AvgIpc) is 2.60. The molecule has 1 aromatic rings. The first-order valence-electron chi connectivity index (χ1n) is 9.14. The lowest BCUT2D eigenvalue weighted by Crippen LogP contribution is -2.08. The lowest BCUT2D eigenvalue weighted by Gasteiger charge is -2.20. The molecule has 0 aliphatic heterocycles. The molecule has 144 valence electrons. The molecular weight excluding hydrogens is 339 g/mol. The lowest BCUT2D eigenvalue weighted by molar-refractivity contribution is 0.179. The first-order valence-corrected chi connectivity index (χ1v) is 10.9. The van der Waals surface area contributed by atoms with E-state index in [9.17, 15) is 4.57 Å². The molecule has 0 atom stereocenters. The molecule has 0 aromatic heterocycles. The summed E-state index contributed by atoms with van der Waals surface area (Å²) in [5.74, 6) is 1.53. The molecule has 0 unspecified atom stereocenters. The number of rotatable bonds is 13. The SMILES string of the molecule is CCCCOP(=O)(COc1cc(C(C)C)ccc1OC)OCCCC. The Kier molecular flexibility index (Phi) is 10.2. The first-order chi connectivity index (χ1) is 12.0. The second-order valence-electron chi connectivity index (χ2n) is 6.32. The van der Waals surface area contributed by atoms with Crippen molar-refractivity contribution in [2.24, 2.45) is 0 Å². The molecule has 0 aliphatic rings. The number of benzene rings is 1. The van der Waals surface area contributed by atoms with Crippen LogP contribution in [-0.2, 0) is 13.6 Å². The van der Waals surface area contributed by atoms with Gasteiger partial charge in [0, 0.05) is 0 Å². The maximum atomic E-state index is 12.9. The second kappa shape index (κ2) is 11.6. The Morgan fingerprint density at radius 2 is 1.60 bits per heavy atom. The van der Waals surface area contributed by atoms with Crippen LogP contribution in [0, 0.1) is 0 Å². The van der Waals surface area contributed by atoms with E-state index in [0.29, 0.717) is 30.6 Å². The third-order valence-electron chi connectivity index (χ3n) is 3.80. The number of methoxy groups -OCH3 is 1. The number of ether oxygens (including phenoxy) is 2. The second-order valence-corrected chi connectivity index (χ2v) is 8.32. The zero-order valence-corrected chi connectivity index (χ0v) is 17.1. The summed E-state index contributed by atoms with van der Waals surface area (Å²) in [6, 6.07) is 5.79. The van der Waals surface area contributed by atoms with Gasteiger partial charge in [-0.05, 0) is 36.5 Å². The van der Waals surface area contributed by atoms with Gasteiger partial charge < -0.3 is 18.5 Å². The summed E-state index contributed by atoms with van der Waals surface area (Å²) < 4.78 is 35.2. The third kappa shape index (κ3) is 7.81. The Bertz CT molecular complexity index is 531. The largest absolute Gasteiger partial charge is 0.493 e. The molecule has 0 heterocycles. The Morgan fingerprint density at radius 1 is 1.00 bits per heavy atom. The van der Waals surface area contributed by atoms with Crippen LogP contribution in [0.15, 0.2) is 18.2 Å². The summed E-state index contributed by atoms with van der Waals surface area (Å²) in [7, 11) is -1.70. The van der Waals surface area contributed by atoms with Gasteiger partial charge in [-0.3, -0.25) is 4.57 Å². The predicted molar refractivity (Wildman–Crippen MR) is 102 cm³/mol. The smallest absolute Gasteiger partial charge is 0.367 e. The van der Waals surface area contributed by atoms with E-state index in [-0.39, 0.29) is 6.35 Å². The quantitative estimate of drug-likeness (QED) is 0.315. The Morgan fingerprint density at radius 3 is 2.08 bits per heavy atom. The van der Waals surface area contributed by atoms with Crippen LogP contribution in [0.4, 0.5) is 0 Å². The molecule has 0 radical (unpaired) electrons. The molecule has 6 heteroatoms. The van der Waals surface area contributed by atoms with E-state index < -0.39 is 7.60 Å². The molecule has 0 bridgehead atoms. The fraction of sp³-hybridized carbons (Fsp3) is 0.684. The van der Waals surface area contributed by atoms with Gasteiger partial charge in [0.15, 0.2) is 17.8 Å². The van der Waals surface area contributed by atoms with E-state index >= 15 is 0 Å². The van der Waals surface area contributed by atoms with Crippen LogP contribution in [-0.4, -0.2) is 26.7 Å². The van der Waals surface area contributed by atoms with Crippen molar-refractivity contribution in [1.29, 1.82) is 0 Å². The van der Waals surface area contributed by atoms with Crippen molar-refractivity contribution in [3.05, 3.63) is 23.8 Å². The fourth-order valence-electron chi connectivity index (χ4n) is 2.12. The molecule has 0 saturated heterocycles. The van der Waals surface area contributed by atoms with Gasteiger partial charge in [0.05, 0.1) is 20.3 Å². The number of hydrogen-bond acceptors (Lipinski definition) is 5. The number of hydrogen-bond donors (Lipinski definition) is 0. The van der Waals surface area contributed by atoms with Crippen molar-refractivity contribution < 1.29 is 23.1 Å². The summed E-state index contributed by atoms with van der Waals surface area (Å²) in [4.78, 5) is 0. The summed E-state index contributed by atoms with van der Waals surface area (Å²) >= 11 is 0. The normalized spacial score (nSPS) is 11.8. The molecule has 5 nitrogen and oxygen atoms in total. The molecule has 0 N–H and O–H groups in total. The van der Waals surface area contributed by atoms with E-state index in [4.69, 9.17) is 18.5 Å². The zero-order chi connectivity index (χ0) is 18.7. The van der Waals surface area contributed by atoms with Crippen molar-refractivity contribution in [3.8, 4) is 11.5 Å². The zero-order valence-electron chi connectivity index (χ0n) is 16.2. The summed E-state index contributed by atoms with van der Waals surface area (Å²) in [5, 5.41) is 0. The van der Waals surface area contributed by atoms with E-state index in [1.54, 1.807) is 7.11 Å². The van der Waals surface area contributed by atoms with Crippen molar-refractivity contribution in [3.63, 3.8) is 0 Å². The van der Waals surface area contributed by atoms with E-state index in [2.05, 4.69) is 27.7 Å². The molecule has 1 rings (SSSR count). The van der Waals surface area contributed by atoms with Crippen LogP contribution in [0.25, 0.3) is 0 Å². The molecule has 0 aliphatic carbocycles.